The summed E-state index contributed by atoms with van der Waals surface area (Å²) in [6, 6.07) is 9.79. The fourth-order valence-electron chi connectivity index (χ4n) is 3.74. The normalized spacial score (nSPS) is 15.3. The first-order valence-corrected chi connectivity index (χ1v) is 10.8. The Balaban J connectivity index is 1.47. The fraction of sp³-hybridized carbons (Fsp3) is 0.429. The van der Waals surface area contributed by atoms with Crippen LogP contribution in [-0.4, -0.2) is 64.0 Å². The quantitative estimate of drug-likeness (QED) is 0.523. The number of nitrogens with one attached hydrogen (secondary N) is 1. The molecule has 0 aliphatic carbocycles. The molecule has 1 aliphatic rings. The Morgan fingerprint density at radius 2 is 2.10 bits per heavy atom. The van der Waals surface area contributed by atoms with E-state index in [1.54, 1.807) is 22.8 Å². The van der Waals surface area contributed by atoms with Gasteiger partial charge in [-0.05, 0) is 60.9 Å². The second-order valence-electron chi connectivity index (χ2n) is 7.38. The zero-order valence-electron chi connectivity index (χ0n) is 16.5. The van der Waals surface area contributed by atoms with Gasteiger partial charge in [0.1, 0.15) is 11.6 Å². The van der Waals surface area contributed by atoms with Gasteiger partial charge in [0.25, 0.3) is 0 Å². The summed E-state index contributed by atoms with van der Waals surface area (Å²) < 4.78 is 8.06. The zero-order chi connectivity index (χ0) is 20.2. The Labute approximate surface area is 178 Å². The molecule has 4 rings (SSSR count). The van der Waals surface area contributed by atoms with Crippen LogP contribution in [0.1, 0.15) is 19.3 Å². The summed E-state index contributed by atoms with van der Waals surface area (Å²) in [6.45, 7) is 3.59. The van der Waals surface area contributed by atoms with Crippen LogP contribution in [0.3, 0.4) is 0 Å². The Bertz CT molecular complexity index is 971. The molecule has 3 heterocycles. The highest BCUT2D eigenvalue weighted by atomic mass is 79.9. The number of anilines is 1. The van der Waals surface area contributed by atoms with Crippen molar-refractivity contribution in [2.24, 2.45) is 0 Å². The lowest BCUT2D eigenvalue weighted by atomic mass is 10.1. The number of ether oxygens (including phenoxy) is 1. The fourth-order valence-corrected chi connectivity index (χ4v) is 4.09. The van der Waals surface area contributed by atoms with Gasteiger partial charge in [-0.3, -0.25) is 0 Å². The molecule has 29 heavy (non-hydrogen) atoms. The molecule has 1 aromatic carbocycles. The third-order valence-corrected chi connectivity index (χ3v) is 5.98. The zero-order valence-corrected chi connectivity index (χ0v) is 18.1. The molecule has 0 spiro atoms. The van der Waals surface area contributed by atoms with Crippen LogP contribution in [0.4, 0.5) is 5.82 Å². The molecular weight excluding hydrogens is 434 g/mol. The highest BCUT2D eigenvalue weighted by Crippen LogP contribution is 2.31. The lowest BCUT2D eigenvalue weighted by Crippen LogP contribution is -2.37. The molecule has 0 radical (unpaired) electrons. The number of hydrogen-bond donors (Lipinski definition) is 2. The van der Waals surface area contributed by atoms with E-state index >= 15 is 0 Å². The number of phenolic OH excluding ortho intramolecular Hbond substituents is 1. The van der Waals surface area contributed by atoms with Gasteiger partial charge >= 0.3 is 0 Å². The molecule has 0 unspecified atom stereocenters. The SMILES string of the molecule is CN(CCCNc1cc(-c2ccccc2O)nc2c(Br)cnn12)C1CCOCC1. The third-order valence-electron chi connectivity index (χ3n) is 5.42. The van der Waals surface area contributed by atoms with E-state index in [1.165, 1.54) is 0 Å². The van der Waals surface area contributed by atoms with Crippen molar-refractivity contribution in [3.05, 3.63) is 41.0 Å². The van der Waals surface area contributed by atoms with Crippen LogP contribution in [0.25, 0.3) is 16.9 Å². The molecule has 0 atom stereocenters. The van der Waals surface area contributed by atoms with Crippen LogP contribution < -0.4 is 5.32 Å². The predicted molar refractivity (Wildman–Crippen MR) is 117 cm³/mol. The standard InChI is InChI=1S/C21H26BrN5O2/c1-26(15-7-11-29-12-8-15)10-4-9-23-20-13-18(16-5-2-3-6-19(16)28)25-21-17(22)14-24-27(20)21/h2-3,5-6,13-15,23,28H,4,7-12H2,1H3. The van der Waals surface area contributed by atoms with Crippen LogP contribution in [0.15, 0.2) is 41.0 Å². The Morgan fingerprint density at radius 1 is 1.31 bits per heavy atom. The molecule has 1 saturated heterocycles. The second-order valence-corrected chi connectivity index (χ2v) is 8.23. The minimum absolute atomic E-state index is 0.212. The third kappa shape index (κ3) is 4.55. The van der Waals surface area contributed by atoms with Gasteiger partial charge in [-0.25, -0.2) is 4.98 Å². The van der Waals surface area contributed by atoms with Gasteiger partial charge < -0.3 is 20.1 Å². The average molecular weight is 460 g/mol. The van der Waals surface area contributed by atoms with Gasteiger partial charge in [-0.2, -0.15) is 9.61 Å². The molecule has 0 amide bonds. The van der Waals surface area contributed by atoms with Crippen LogP contribution in [0.5, 0.6) is 5.75 Å². The highest BCUT2D eigenvalue weighted by molar-refractivity contribution is 9.10. The molecule has 2 N–H and O–H groups in total. The molecule has 0 saturated carbocycles. The van der Waals surface area contributed by atoms with Gasteiger partial charge in [0.05, 0.1) is 16.4 Å². The molecule has 2 aromatic heterocycles. The first kappa shape index (κ1) is 20.1. The van der Waals surface area contributed by atoms with Gasteiger partial charge in [-0.15, -0.1) is 0 Å². The van der Waals surface area contributed by atoms with Gasteiger partial charge in [-0.1, -0.05) is 12.1 Å². The van der Waals surface area contributed by atoms with Crippen molar-refractivity contribution < 1.29 is 9.84 Å². The monoisotopic (exact) mass is 459 g/mol. The van der Waals surface area contributed by atoms with Crippen molar-refractivity contribution in [3.8, 4) is 17.0 Å². The summed E-state index contributed by atoms with van der Waals surface area (Å²) in [5.41, 5.74) is 2.12. The van der Waals surface area contributed by atoms with Crippen LogP contribution in [0.2, 0.25) is 0 Å². The molecule has 7 nitrogen and oxygen atoms in total. The van der Waals surface area contributed by atoms with Crippen molar-refractivity contribution in [1.29, 1.82) is 0 Å². The summed E-state index contributed by atoms with van der Waals surface area (Å²) in [6.07, 6.45) is 4.98. The highest BCUT2D eigenvalue weighted by Gasteiger charge is 2.18. The summed E-state index contributed by atoms with van der Waals surface area (Å²) in [7, 11) is 2.20. The molecule has 0 bridgehead atoms. The van der Waals surface area contributed by atoms with Gasteiger partial charge in [0, 0.05) is 37.4 Å². The lowest BCUT2D eigenvalue weighted by Gasteiger charge is -2.31. The van der Waals surface area contributed by atoms with E-state index in [0.717, 1.165) is 55.9 Å². The topological polar surface area (TPSA) is 74.9 Å². The maximum atomic E-state index is 10.2. The van der Waals surface area contributed by atoms with Gasteiger partial charge in [0.2, 0.25) is 0 Å². The summed E-state index contributed by atoms with van der Waals surface area (Å²) in [5, 5.41) is 18.2. The van der Waals surface area contributed by atoms with Crippen molar-refractivity contribution in [3.63, 3.8) is 0 Å². The van der Waals surface area contributed by atoms with E-state index in [-0.39, 0.29) is 5.75 Å². The van der Waals surface area contributed by atoms with Crippen molar-refractivity contribution in [1.82, 2.24) is 19.5 Å². The molecule has 3 aromatic rings. The van der Waals surface area contributed by atoms with E-state index in [9.17, 15) is 5.11 Å². The number of halogens is 1. The minimum Gasteiger partial charge on any atom is -0.507 e. The van der Waals surface area contributed by atoms with E-state index < -0.39 is 0 Å². The maximum absolute atomic E-state index is 10.2. The number of aromatic nitrogens is 3. The number of rotatable bonds is 7. The van der Waals surface area contributed by atoms with E-state index in [1.807, 2.05) is 18.2 Å². The number of benzene rings is 1. The van der Waals surface area contributed by atoms with Crippen LogP contribution in [0, 0.1) is 0 Å². The van der Waals surface area contributed by atoms with Crippen LogP contribution >= 0.6 is 15.9 Å². The van der Waals surface area contributed by atoms with Crippen LogP contribution in [-0.2, 0) is 4.74 Å². The van der Waals surface area contributed by atoms with Crippen molar-refractivity contribution in [2.45, 2.75) is 25.3 Å². The predicted octanol–water partition coefficient (Wildman–Crippen LogP) is 3.78. The Kier molecular flexibility index (Phi) is 6.32. The number of para-hydroxylation sites is 1. The molecular formula is C21H26BrN5O2. The molecule has 154 valence electrons. The number of nitrogens with zero attached hydrogens (tertiary/aromatic N) is 4. The molecule has 1 fully saturated rings. The lowest BCUT2D eigenvalue weighted by molar-refractivity contribution is 0.0430. The summed E-state index contributed by atoms with van der Waals surface area (Å²) in [5.74, 6) is 1.07. The first-order chi connectivity index (χ1) is 14.1. The van der Waals surface area contributed by atoms with E-state index in [0.29, 0.717) is 22.9 Å². The Morgan fingerprint density at radius 3 is 2.90 bits per heavy atom. The van der Waals surface area contributed by atoms with Crippen molar-refractivity contribution >= 4 is 27.4 Å². The van der Waals surface area contributed by atoms with Gasteiger partial charge in [0.15, 0.2) is 5.65 Å². The first-order valence-electron chi connectivity index (χ1n) is 9.98. The summed E-state index contributed by atoms with van der Waals surface area (Å²) in [4.78, 5) is 7.11. The number of hydrogen-bond acceptors (Lipinski definition) is 6. The second kappa shape index (κ2) is 9.11. The minimum atomic E-state index is 0.212. The van der Waals surface area contributed by atoms with Crippen molar-refractivity contribution in [2.75, 3.05) is 38.7 Å². The molecule has 1 aliphatic heterocycles. The molecule has 8 heteroatoms. The summed E-state index contributed by atoms with van der Waals surface area (Å²) >= 11 is 3.52. The maximum Gasteiger partial charge on any atom is 0.172 e. The largest absolute Gasteiger partial charge is 0.507 e. The average Bonchev–Trinajstić information content (AvgIpc) is 3.13. The van der Waals surface area contributed by atoms with E-state index in [4.69, 9.17) is 4.74 Å². The number of aromatic hydroxyl groups is 1. The van der Waals surface area contributed by atoms with E-state index in [2.05, 4.69) is 43.3 Å². The smallest absolute Gasteiger partial charge is 0.172 e. The Hall–Kier alpha value is -2.16. The number of fused-ring (bicyclic) bond motifs is 1. The number of phenols is 1.